The molecule has 0 fully saturated rings. The molecule has 0 heterocycles. The Morgan fingerprint density at radius 2 is 0.608 bits per heavy atom. The Kier molecular flexibility index (Phi) is 29.5. The molecule has 0 amide bonds. The summed E-state index contributed by atoms with van der Waals surface area (Å²) < 4.78 is 0. The van der Waals surface area contributed by atoms with Gasteiger partial charge in [-0.2, -0.15) is 0 Å². The summed E-state index contributed by atoms with van der Waals surface area (Å²) in [5.41, 5.74) is 0.259. The number of carboxylic acid groups (broad SMARTS) is 3. The van der Waals surface area contributed by atoms with Crippen LogP contribution in [0.4, 0.5) is 0 Å². The molecule has 0 saturated heterocycles. The molecule has 0 aliphatic carbocycles. The number of carbonyl (C=O) groups is 3. The fourth-order valence-corrected chi connectivity index (χ4v) is 7.64. The van der Waals surface area contributed by atoms with Crippen LogP contribution in [0.15, 0.2) is 6.07 Å². The molecule has 0 bridgehead atoms. The summed E-state index contributed by atoms with van der Waals surface area (Å²) in [6, 6.07) is 1.08. The van der Waals surface area contributed by atoms with Gasteiger partial charge in [-0.15, -0.1) is 0 Å². The third-order valence-electron chi connectivity index (χ3n) is 10.8. The molecule has 0 aromatic heterocycles. The van der Waals surface area contributed by atoms with Gasteiger partial charge in [-0.3, -0.25) is 0 Å². The van der Waals surface area contributed by atoms with E-state index < -0.39 is 23.5 Å². The van der Waals surface area contributed by atoms with Crippen LogP contribution in [-0.4, -0.2) is 33.2 Å². The molecule has 1 aromatic rings. The quantitative estimate of drug-likeness (QED) is 0.0592. The Morgan fingerprint density at radius 3 is 0.863 bits per heavy atom. The summed E-state index contributed by atoms with van der Waals surface area (Å²) in [6.45, 7) is 4.52. The number of hydrogen-bond donors (Lipinski definition) is 3. The van der Waals surface area contributed by atoms with Crippen molar-refractivity contribution in [2.75, 3.05) is 0 Å². The van der Waals surface area contributed by atoms with Crippen LogP contribution < -0.4 is 0 Å². The minimum absolute atomic E-state index is 0.0511. The number of unbranched alkanes of at least 4 members (excludes halogenated alkanes) is 30. The first-order valence-electron chi connectivity index (χ1n) is 21.7. The van der Waals surface area contributed by atoms with Crippen molar-refractivity contribution < 1.29 is 29.7 Å². The summed E-state index contributed by atoms with van der Waals surface area (Å²) in [5, 5.41) is 29.9. The van der Waals surface area contributed by atoms with Crippen molar-refractivity contribution in [1.82, 2.24) is 0 Å². The predicted molar refractivity (Wildman–Crippen MR) is 214 cm³/mol. The highest BCUT2D eigenvalue weighted by Crippen LogP contribution is 2.29. The predicted octanol–water partition coefficient (Wildman–Crippen LogP) is 14.4. The van der Waals surface area contributed by atoms with E-state index in [1.165, 1.54) is 154 Å². The summed E-state index contributed by atoms with van der Waals surface area (Å²) in [4.78, 5) is 36.7. The van der Waals surface area contributed by atoms with E-state index in [1.54, 1.807) is 0 Å². The third kappa shape index (κ3) is 23.0. The number of rotatable bonds is 37. The van der Waals surface area contributed by atoms with E-state index in [9.17, 15) is 29.7 Å². The zero-order chi connectivity index (χ0) is 37.4. The van der Waals surface area contributed by atoms with Gasteiger partial charge in [0.25, 0.3) is 0 Å². The monoisotopic (exact) mass is 715 g/mol. The van der Waals surface area contributed by atoms with Crippen LogP contribution in [-0.2, 0) is 12.8 Å². The molecule has 0 atom stereocenters. The van der Waals surface area contributed by atoms with E-state index in [0.29, 0.717) is 24.0 Å². The molecule has 6 nitrogen and oxygen atoms in total. The Balaban J connectivity index is 2.47. The van der Waals surface area contributed by atoms with Crippen LogP contribution in [0, 0.1) is 0 Å². The second-order valence-corrected chi connectivity index (χ2v) is 15.3. The highest BCUT2D eigenvalue weighted by molar-refractivity contribution is 6.05. The van der Waals surface area contributed by atoms with Gasteiger partial charge >= 0.3 is 17.9 Å². The summed E-state index contributed by atoms with van der Waals surface area (Å²) in [7, 11) is 0. The van der Waals surface area contributed by atoms with E-state index in [-0.39, 0.29) is 11.1 Å². The molecule has 1 rings (SSSR count). The molecular formula is C45H78O6. The smallest absolute Gasteiger partial charge is 0.336 e. The van der Waals surface area contributed by atoms with Gasteiger partial charge in [-0.25, -0.2) is 14.4 Å². The molecule has 294 valence electrons. The maximum atomic E-state index is 12.4. The molecule has 0 radical (unpaired) electrons. The minimum atomic E-state index is -1.39. The Bertz CT molecular complexity index is 1050. The average Bonchev–Trinajstić information content (AvgIpc) is 3.10. The standard InChI is InChI=1S/C45H78O6/c1-3-5-7-9-11-13-15-17-19-21-23-25-27-29-31-33-35-38-39(42(45(50)51)41(44(48)49)37-40(38)43(46)47)36-34-32-30-28-26-24-22-20-18-16-14-12-10-8-6-4-2/h37H,3-36H2,1-2H3,(H,46,47)(H,48,49)(H,50,51). The second kappa shape index (κ2) is 32.3. The largest absolute Gasteiger partial charge is 0.478 e. The molecule has 0 spiro atoms. The molecule has 51 heavy (non-hydrogen) atoms. The van der Waals surface area contributed by atoms with Crippen molar-refractivity contribution in [3.8, 4) is 0 Å². The zero-order valence-corrected chi connectivity index (χ0v) is 33.2. The van der Waals surface area contributed by atoms with Gasteiger partial charge in [0.1, 0.15) is 0 Å². The van der Waals surface area contributed by atoms with E-state index >= 15 is 0 Å². The molecule has 0 saturated carbocycles. The van der Waals surface area contributed by atoms with Crippen LogP contribution in [0.25, 0.3) is 0 Å². The van der Waals surface area contributed by atoms with E-state index in [1.807, 2.05) is 0 Å². The van der Waals surface area contributed by atoms with E-state index in [2.05, 4.69) is 13.8 Å². The van der Waals surface area contributed by atoms with Gasteiger partial charge in [-0.1, -0.05) is 206 Å². The topological polar surface area (TPSA) is 112 Å². The molecule has 6 heteroatoms. The fraction of sp³-hybridized carbons (Fsp3) is 0.800. The average molecular weight is 715 g/mol. The zero-order valence-electron chi connectivity index (χ0n) is 33.2. The van der Waals surface area contributed by atoms with Crippen molar-refractivity contribution in [3.63, 3.8) is 0 Å². The van der Waals surface area contributed by atoms with Gasteiger partial charge in [0.05, 0.1) is 16.7 Å². The van der Waals surface area contributed by atoms with Crippen molar-refractivity contribution in [2.24, 2.45) is 0 Å². The summed E-state index contributed by atoms with van der Waals surface area (Å²) in [5.74, 6) is -3.87. The number of benzene rings is 1. The molecule has 3 N–H and O–H groups in total. The lowest BCUT2D eigenvalue weighted by Gasteiger charge is -2.18. The molecule has 0 unspecified atom stereocenters. The van der Waals surface area contributed by atoms with Gasteiger partial charge in [0.2, 0.25) is 0 Å². The number of carboxylic acids is 3. The van der Waals surface area contributed by atoms with Crippen molar-refractivity contribution in [1.29, 1.82) is 0 Å². The highest BCUT2D eigenvalue weighted by Gasteiger charge is 2.27. The Hall–Kier alpha value is -2.37. The lowest BCUT2D eigenvalue weighted by Crippen LogP contribution is -2.18. The SMILES string of the molecule is CCCCCCCCCCCCCCCCCCc1c(C(=O)O)cc(C(=O)O)c(C(=O)O)c1CCCCCCCCCCCCCCCCCC. The summed E-state index contributed by atoms with van der Waals surface area (Å²) >= 11 is 0. The summed E-state index contributed by atoms with van der Waals surface area (Å²) in [6.07, 6.45) is 40.7. The number of hydrogen-bond acceptors (Lipinski definition) is 3. The van der Waals surface area contributed by atoms with Gasteiger partial charge in [0, 0.05) is 0 Å². The van der Waals surface area contributed by atoms with Crippen molar-refractivity contribution in [3.05, 3.63) is 33.9 Å². The highest BCUT2D eigenvalue weighted by atomic mass is 16.4. The van der Waals surface area contributed by atoms with Gasteiger partial charge in [0.15, 0.2) is 0 Å². The first kappa shape index (κ1) is 46.7. The van der Waals surface area contributed by atoms with Crippen LogP contribution in [0.5, 0.6) is 0 Å². The fourth-order valence-electron chi connectivity index (χ4n) is 7.64. The van der Waals surface area contributed by atoms with E-state index in [4.69, 9.17) is 0 Å². The normalized spacial score (nSPS) is 11.3. The maximum Gasteiger partial charge on any atom is 0.336 e. The lowest BCUT2D eigenvalue weighted by atomic mass is 9.85. The maximum absolute atomic E-state index is 12.4. The Morgan fingerprint density at radius 1 is 0.353 bits per heavy atom. The van der Waals surface area contributed by atoms with Crippen molar-refractivity contribution >= 4 is 17.9 Å². The molecule has 0 aliphatic heterocycles. The minimum Gasteiger partial charge on any atom is -0.478 e. The molecule has 1 aromatic carbocycles. The third-order valence-corrected chi connectivity index (χ3v) is 10.8. The van der Waals surface area contributed by atoms with E-state index in [0.717, 1.165) is 57.4 Å². The van der Waals surface area contributed by atoms with Gasteiger partial charge in [-0.05, 0) is 42.9 Å². The first-order chi connectivity index (χ1) is 24.8. The second-order valence-electron chi connectivity index (χ2n) is 15.3. The Labute approximate surface area is 313 Å². The first-order valence-corrected chi connectivity index (χ1v) is 21.7. The molecular weight excluding hydrogens is 636 g/mol. The number of aromatic carboxylic acids is 3. The lowest BCUT2D eigenvalue weighted by molar-refractivity contribution is 0.0647. The van der Waals surface area contributed by atoms with Crippen molar-refractivity contribution in [2.45, 2.75) is 232 Å². The van der Waals surface area contributed by atoms with Crippen LogP contribution in [0.1, 0.15) is 262 Å². The molecule has 0 aliphatic rings. The van der Waals surface area contributed by atoms with Crippen LogP contribution in [0.3, 0.4) is 0 Å². The van der Waals surface area contributed by atoms with Crippen LogP contribution in [0.2, 0.25) is 0 Å². The van der Waals surface area contributed by atoms with Gasteiger partial charge < -0.3 is 15.3 Å². The van der Waals surface area contributed by atoms with Crippen LogP contribution >= 0.6 is 0 Å².